The summed E-state index contributed by atoms with van der Waals surface area (Å²) < 4.78 is 27.1. The van der Waals surface area contributed by atoms with Gasteiger partial charge in [-0.15, -0.1) is 0 Å². The summed E-state index contributed by atoms with van der Waals surface area (Å²) in [5.74, 6) is 0.618. The summed E-state index contributed by atoms with van der Waals surface area (Å²) >= 11 is 3.43. The Hall–Kier alpha value is -3.33. The Kier molecular flexibility index (Phi) is 7.88. The number of aliphatic imine (C=N–C) groups is 1. The molecule has 0 unspecified atom stereocenters. The number of methoxy groups -OCH3 is 1. The fourth-order valence-electron chi connectivity index (χ4n) is 2.83. The molecule has 9 heteroatoms. The number of hydrogen-bond donors (Lipinski definition) is 0. The Balaban J connectivity index is 1.87. The van der Waals surface area contributed by atoms with Crippen LogP contribution in [0.4, 0.5) is 0 Å². The van der Waals surface area contributed by atoms with Gasteiger partial charge in [0.25, 0.3) is 0 Å². The summed E-state index contributed by atoms with van der Waals surface area (Å²) in [6.45, 7) is 3.94. The third kappa shape index (κ3) is 5.67. The number of carbonyl (C=O) groups excluding carboxylic acids is 2. The Morgan fingerprint density at radius 3 is 2.53 bits per heavy atom. The van der Waals surface area contributed by atoms with Gasteiger partial charge in [-0.05, 0) is 77.8 Å². The first-order chi connectivity index (χ1) is 15.4. The van der Waals surface area contributed by atoms with E-state index in [1.54, 1.807) is 56.5 Å². The summed E-state index contributed by atoms with van der Waals surface area (Å²) in [6, 6.07) is 10.4. The van der Waals surface area contributed by atoms with Crippen molar-refractivity contribution in [3.8, 4) is 17.2 Å². The highest BCUT2D eigenvalue weighted by atomic mass is 79.9. The molecule has 0 radical (unpaired) electrons. The average Bonchev–Trinajstić information content (AvgIpc) is 3.13. The van der Waals surface area contributed by atoms with Gasteiger partial charge < -0.3 is 23.7 Å². The van der Waals surface area contributed by atoms with Crippen molar-refractivity contribution < 1.29 is 33.3 Å². The van der Waals surface area contributed by atoms with E-state index < -0.39 is 11.9 Å². The molecule has 1 aliphatic rings. The van der Waals surface area contributed by atoms with Crippen LogP contribution in [0.5, 0.6) is 17.2 Å². The first-order valence-electron chi connectivity index (χ1n) is 9.86. The van der Waals surface area contributed by atoms with Crippen LogP contribution in [0.25, 0.3) is 6.08 Å². The van der Waals surface area contributed by atoms with Crippen LogP contribution in [0.3, 0.4) is 0 Å². The van der Waals surface area contributed by atoms with Crippen molar-refractivity contribution >= 4 is 39.8 Å². The van der Waals surface area contributed by atoms with Crippen LogP contribution in [0, 0.1) is 0 Å². The minimum Gasteiger partial charge on any atom is -0.497 e. The number of carbonyl (C=O) groups is 2. The molecular formula is C23H22BrNO7. The molecule has 32 heavy (non-hydrogen) atoms. The molecule has 0 saturated heterocycles. The molecular weight excluding hydrogens is 482 g/mol. The summed E-state index contributed by atoms with van der Waals surface area (Å²) in [5.41, 5.74) is 1.43. The average molecular weight is 504 g/mol. The highest BCUT2D eigenvalue weighted by molar-refractivity contribution is 9.10. The third-order valence-electron chi connectivity index (χ3n) is 4.23. The van der Waals surface area contributed by atoms with E-state index in [-0.39, 0.29) is 24.8 Å². The third-order valence-corrected chi connectivity index (χ3v) is 4.82. The van der Waals surface area contributed by atoms with Crippen molar-refractivity contribution in [3.63, 3.8) is 0 Å². The number of halogens is 1. The lowest BCUT2D eigenvalue weighted by molar-refractivity contribution is -0.145. The molecule has 0 aromatic heterocycles. The van der Waals surface area contributed by atoms with Crippen LogP contribution in [-0.2, 0) is 19.1 Å². The number of hydrogen-bond acceptors (Lipinski definition) is 8. The van der Waals surface area contributed by atoms with E-state index in [2.05, 4.69) is 20.9 Å². The van der Waals surface area contributed by atoms with Crippen LogP contribution < -0.4 is 14.2 Å². The largest absolute Gasteiger partial charge is 0.497 e. The summed E-state index contributed by atoms with van der Waals surface area (Å²) in [7, 11) is 1.57. The lowest BCUT2D eigenvalue weighted by atomic mass is 10.1. The van der Waals surface area contributed by atoms with Gasteiger partial charge in [0.05, 0.1) is 24.8 Å². The van der Waals surface area contributed by atoms with Crippen molar-refractivity contribution in [3.05, 3.63) is 57.7 Å². The van der Waals surface area contributed by atoms with Crippen molar-refractivity contribution in [2.45, 2.75) is 13.8 Å². The molecule has 3 rings (SSSR count). The lowest BCUT2D eigenvalue weighted by Crippen LogP contribution is -2.15. The molecule has 0 N–H and O–H groups in total. The summed E-state index contributed by atoms with van der Waals surface area (Å²) in [4.78, 5) is 28.3. The lowest BCUT2D eigenvalue weighted by Gasteiger charge is -2.14. The molecule has 0 bridgehead atoms. The van der Waals surface area contributed by atoms with Gasteiger partial charge in [-0.3, -0.25) is 0 Å². The zero-order valence-corrected chi connectivity index (χ0v) is 19.4. The summed E-state index contributed by atoms with van der Waals surface area (Å²) in [6.07, 6.45) is 1.58. The van der Waals surface area contributed by atoms with Crippen LogP contribution in [0.1, 0.15) is 25.0 Å². The second kappa shape index (κ2) is 10.8. The SMILES string of the molecule is CCOC(=O)COc1c(Br)cc(C=C2N=C(c3ccc(OC)cc3)OC2=O)cc1OCC. The number of ether oxygens (including phenoxy) is 5. The molecule has 0 atom stereocenters. The minimum absolute atomic E-state index is 0.144. The van der Waals surface area contributed by atoms with Crippen LogP contribution in [0.2, 0.25) is 0 Å². The van der Waals surface area contributed by atoms with Crippen LogP contribution in [0.15, 0.2) is 51.6 Å². The second-order valence-corrected chi connectivity index (χ2v) is 7.28. The van der Waals surface area contributed by atoms with Crippen molar-refractivity contribution in [1.29, 1.82) is 0 Å². The first-order valence-corrected chi connectivity index (χ1v) is 10.7. The predicted molar refractivity (Wildman–Crippen MR) is 121 cm³/mol. The molecule has 0 aliphatic carbocycles. The highest BCUT2D eigenvalue weighted by Crippen LogP contribution is 2.38. The zero-order valence-electron chi connectivity index (χ0n) is 17.8. The predicted octanol–water partition coefficient (Wildman–Crippen LogP) is 4.14. The smallest absolute Gasteiger partial charge is 0.363 e. The number of esters is 2. The molecule has 0 saturated carbocycles. The van der Waals surface area contributed by atoms with E-state index in [0.29, 0.717) is 39.5 Å². The molecule has 1 aliphatic heterocycles. The van der Waals surface area contributed by atoms with Gasteiger partial charge in [-0.2, -0.15) is 0 Å². The van der Waals surface area contributed by atoms with Gasteiger partial charge in [0.2, 0.25) is 5.90 Å². The molecule has 0 spiro atoms. The highest BCUT2D eigenvalue weighted by Gasteiger charge is 2.24. The van der Waals surface area contributed by atoms with Gasteiger partial charge in [0, 0.05) is 5.56 Å². The first kappa shape index (κ1) is 23.3. The normalized spacial score (nSPS) is 14.1. The van der Waals surface area contributed by atoms with Crippen LogP contribution in [-0.4, -0.2) is 44.8 Å². The molecule has 0 amide bonds. The van der Waals surface area contributed by atoms with E-state index in [1.807, 2.05) is 6.92 Å². The molecule has 2 aromatic carbocycles. The monoisotopic (exact) mass is 503 g/mol. The maximum absolute atomic E-state index is 12.3. The van der Waals surface area contributed by atoms with Gasteiger partial charge in [0.1, 0.15) is 5.75 Å². The molecule has 0 fully saturated rings. The van der Waals surface area contributed by atoms with Crippen molar-refractivity contribution in [2.75, 3.05) is 26.9 Å². The van der Waals surface area contributed by atoms with Gasteiger partial charge >= 0.3 is 11.9 Å². The maximum atomic E-state index is 12.3. The number of benzene rings is 2. The van der Waals surface area contributed by atoms with Crippen molar-refractivity contribution in [2.24, 2.45) is 4.99 Å². The quantitative estimate of drug-likeness (QED) is 0.374. The fraction of sp³-hybridized carbons (Fsp3) is 0.261. The fourth-order valence-corrected chi connectivity index (χ4v) is 3.41. The Morgan fingerprint density at radius 1 is 1.12 bits per heavy atom. The Morgan fingerprint density at radius 2 is 1.88 bits per heavy atom. The van der Waals surface area contributed by atoms with E-state index in [0.717, 1.165) is 0 Å². The molecule has 8 nitrogen and oxygen atoms in total. The van der Waals surface area contributed by atoms with Gasteiger partial charge in [-0.25, -0.2) is 14.6 Å². The number of nitrogens with zero attached hydrogens (tertiary/aromatic N) is 1. The van der Waals surface area contributed by atoms with Crippen molar-refractivity contribution in [1.82, 2.24) is 0 Å². The summed E-state index contributed by atoms with van der Waals surface area (Å²) in [5, 5.41) is 0. The Labute approximate surface area is 193 Å². The Bertz CT molecular complexity index is 1060. The van der Waals surface area contributed by atoms with Gasteiger partial charge in [0.15, 0.2) is 23.8 Å². The number of cyclic esters (lactones) is 1. The molecule has 168 valence electrons. The zero-order chi connectivity index (χ0) is 23.1. The number of rotatable bonds is 9. The van der Waals surface area contributed by atoms with E-state index in [9.17, 15) is 9.59 Å². The van der Waals surface area contributed by atoms with E-state index >= 15 is 0 Å². The maximum Gasteiger partial charge on any atom is 0.363 e. The van der Waals surface area contributed by atoms with E-state index in [1.165, 1.54) is 0 Å². The topological polar surface area (TPSA) is 92.7 Å². The minimum atomic E-state index is -0.562. The van der Waals surface area contributed by atoms with Crippen LogP contribution >= 0.6 is 15.9 Å². The van der Waals surface area contributed by atoms with Gasteiger partial charge in [-0.1, -0.05) is 0 Å². The standard InChI is InChI=1S/C23H22BrNO7/c1-4-29-19-12-14(10-17(24)21(19)31-13-20(26)30-5-2)11-18-23(27)32-22(25-18)15-6-8-16(28-3)9-7-15/h6-12H,4-5,13H2,1-3H3. The molecule has 2 aromatic rings. The van der Waals surface area contributed by atoms with E-state index in [4.69, 9.17) is 23.7 Å². The molecule has 1 heterocycles. The second-order valence-electron chi connectivity index (χ2n) is 6.42.